The normalized spacial score (nSPS) is 16.1. The first-order chi connectivity index (χ1) is 16.9. The Morgan fingerprint density at radius 1 is 1.08 bits per heavy atom. The van der Waals surface area contributed by atoms with E-state index >= 15 is 0 Å². The predicted molar refractivity (Wildman–Crippen MR) is 142 cm³/mol. The van der Waals surface area contributed by atoms with Crippen LogP contribution in [0.25, 0.3) is 0 Å². The van der Waals surface area contributed by atoms with Crippen molar-refractivity contribution in [3.8, 4) is 5.75 Å². The predicted octanol–water partition coefficient (Wildman–Crippen LogP) is 3.95. The van der Waals surface area contributed by atoms with Crippen LogP contribution in [-0.2, 0) is 16.6 Å². The molecule has 2 amide bonds. The van der Waals surface area contributed by atoms with Crippen molar-refractivity contribution in [2.45, 2.75) is 31.8 Å². The second kappa shape index (κ2) is 11.9. The van der Waals surface area contributed by atoms with Crippen molar-refractivity contribution in [2.75, 3.05) is 37.0 Å². The summed E-state index contributed by atoms with van der Waals surface area (Å²) in [6.07, 6.45) is 3.35. The second-order valence-corrected chi connectivity index (χ2v) is 10.2. The minimum atomic E-state index is -3.65. The van der Waals surface area contributed by atoms with E-state index in [1.165, 1.54) is 16.4 Å². The van der Waals surface area contributed by atoms with Crippen LogP contribution < -0.4 is 20.3 Å². The number of aromatic nitrogens is 1. The average molecular weight is 512 g/mol. The zero-order chi connectivity index (χ0) is 24.8. The molecule has 0 unspecified atom stereocenters. The van der Waals surface area contributed by atoms with Crippen molar-refractivity contribution in [1.82, 2.24) is 14.6 Å². The zero-order valence-electron chi connectivity index (χ0n) is 19.7. The van der Waals surface area contributed by atoms with E-state index in [0.29, 0.717) is 31.9 Å². The fraction of sp³-hybridized carbons (Fsp3) is 0.308. The molecule has 2 aromatic carbocycles. The average Bonchev–Trinajstić information content (AvgIpc) is 2.88. The van der Waals surface area contributed by atoms with Gasteiger partial charge in [0.2, 0.25) is 10.0 Å². The minimum absolute atomic E-state index is 0. The van der Waals surface area contributed by atoms with Crippen molar-refractivity contribution in [3.05, 3.63) is 78.6 Å². The lowest BCUT2D eigenvalue weighted by atomic mass is 10.2. The Kier molecular flexibility index (Phi) is 8.89. The van der Waals surface area contributed by atoms with Crippen molar-refractivity contribution in [2.24, 2.45) is 0 Å². The Balaban J connectivity index is 0.00000361. The van der Waals surface area contributed by atoms with Crippen LogP contribution in [-0.4, -0.2) is 56.5 Å². The van der Waals surface area contributed by atoms with Crippen molar-refractivity contribution < 1.29 is 17.9 Å². The monoisotopic (exact) mass is 511 g/mol. The van der Waals surface area contributed by atoms with Gasteiger partial charge in [-0.1, -0.05) is 13.5 Å². The number of amides is 2. The molecule has 1 saturated heterocycles. The number of pyridine rings is 1. The van der Waals surface area contributed by atoms with Gasteiger partial charge in [0.1, 0.15) is 5.75 Å². The summed E-state index contributed by atoms with van der Waals surface area (Å²) < 4.78 is 33.2. The van der Waals surface area contributed by atoms with Crippen LogP contribution in [0.4, 0.5) is 16.2 Å². The number of methoxy groups -OCH3 is 1. The van der Waals surface area contributed by atoms with Gasteiger partial charge in [0, 0.05) is 56.0 Å². The van der Waals surface area contributed by atoms with Gasteiger partial charge < -0.3 is 20.3 Å². The second-order valence-electron chi connectivity index (χ2n) is 8.30. The number of ether oxygens (including phenoxy) is 1. The van der Waals surface area contributed by atoms with Gasteiger partial charge in [0.25, 0.3) is 0 Å². The van der Waals surface area contributed by atoms with E-state index < -0.39 is 10.0 Å². The third-order valence-corrected chi connectivity index (χ3v) is 7.80. The van der Waals surface area contributed by atoms with E-state index in [4.69, 9.17) is 4.74 Å². The van der Waals surface area contributed by atoms with Crippen LogP contribution in [0, 0.1) is 0 Å². The van der Waals surface area contributed by atoms with Gasteiger partial charge in [0.15, 0.2) is 0 Å². The molecule has 2 heterocycles. The third kappa shape index (κ3) is 6.32. The smallest absolute Gasteiger partial charge is 0.319 e. The SMILES string of the molecule is C.COc1ccc(N2CCN(S(=O)(=O)c3ccc(NC(=O)NCc4cccnc4)cc3)C[C@@H]2C)cc1. The number of nitrogens with zero attached hydrogens (tertiary/aromatic N) is 3. The number of piperazine rings is 1. The number of anilines is 2. The lowest BCUT2D eigenvalue weighted by molar-refractivity contribution is 0.251. The molecule has 1 aliphatic heterocycles. The fourth-order valence-corrected chi connectivity index (χ4v) is 5.53. The van der Waals surface area contributed by atoms with E-state index in [2.05, 4.69) is 20.5 Å². The number of nitrogens with one attached hydrogen (secondary N) is 2. The molecular formula is C26H33N5O4S. The van der Waals surface area contributed by atoms with Crippen LogP contribution in [0.5, 0.6) is 5.75 Å². The topological polar surface area (TPSA) is 104 Å². The number of rotatable bonds is 7. The Morgan fingerprint density at radius 2 is 1.81 bits per heavy atom. The maximum atomic E-state index is 13.2. The molecule has 0 radical (unpaired) electrons. The van der Waals surface area contributed by atoms with Crippen LogP contribution in [0.15, 0.2) is 78.0 Å². The highest BCUT2D eigenvalue weighted by Crippen LogP contribution is 2.26. The van der Waals surface area contributed by atoms with E-state index in [0.717, 1.165) is 17.0 Å². The number of benzene rings is 2. The number of urea groups is 1. The summed E-state index contributed by atoms with van der Waals surface area (Å²) in [5, 5.41) is 5.46. The molecule has 1 aliphatic rings. The van der Waals surface area contributed by atoms with E-state index in [1.807, 2.05) is 37.3 Å². The standard InChI is InChI=1S/C25H29N5O4S.CH4/c1-19-18-29(14-15-30(19)22-7-9-23(34-2)10-8-22)35(32,33)24-11-5-21(6-12-24)28-25(31)27-17-20-4-3-13-26-16-20;/h3-13,16,19H,14-15,17-18H2,1-2H3,(H2,27,28,31);1H4/t19-;/m0./s1. The number of carbonyl (C=O) groups is 1. The van der Waals surface area contributed by atoms with Gasteiger partial charge in [-0.05, 0) is 67.1 Å². The lowest BCUT2D eigenvalue weighted by Crippen LogP contribution is -2.53. The summed E-state index contributed by atoms with van der Waals surface area (Å²) in [6, 6.07) is 17.3. The van der Waals surface area contributed by atoms with Gasteiger partial charge in [-0.25, -0.2) is 13.2 Å². The molecule has 192 valence electrons. The highest BCUT2D eigenvalue weighted by Gasteiger charge is 2.32. The highest BCUT2D eigenvalue weighted by molar-refractivity contribution is 7.89. The molecule has 36 heavy (non-hydrogen) atoms. The van der Waals surface area contributed by atoms with Gasteiger partial charge in [0.05, 0.1) is 12.0 Å². The third-order valence-electron chi connectivity index (χ3n) is 5.92. The Bertz CT molecular complexity index is 1240. The number of hydrogen-bond acceptors (Lipinski definition) is 6. The molecule has 3 aromatic rings. The molecule has 0 bridgehead atoms. The summed E-state index contributed by atoms with van der Waals surface area (Å²) in [4.78, 5) is 18.6. The summed E-state index contributed by atoms with van der Waals surface area (Å²) in [5.74, 6) is 0.784. The molecule has 10 heteroatoms. The van der Waals surface area contributed by atoms with E-state index in [-0.39, 0.29) is 24.4 Å². The fourth-order valence-electron chi connectivity index (χ4n) is 4.02. The molecule has 4 rings (SSSR count). The zero-order valence-corrected chi connectivity index (χ0v) is 20.5. The summed E-state index contributed by atoms with van der Waals surface area (Å²) in [5.41, 5.74) is 2.42. The first kappa shape index (κ1) is 27.0. The Labute approximate surface area is 213 Å². The highest BCUT2D eigenvalue weighted by atomic mass is 32.2. The largest absolute Gasteiger partial charge is 0.497 e. The van der Waals surface area contributed by atoms with Gasteiger partial charge in [-0.15, -0.1) is 0 Å². The molecule has 1 aromatic heterocycles. The number of sulfonamides is 1. The van der Waals surface area contributed by atoms with Crippen LogP contribution in [0.1, 0.15) is 19.9 Å². The van der Waals surface area contributed by atoms with Crippen LogP contribution >= 0.6 is 0 Å². The van der Waals surface area contributed by atoms with Crippen LogP contribution in [0.3, 0.4) is 0 Å². The van der Waals surface area contributed by atoms with Crippen molar-refractivity contribution in [1.29, 1.82) is 0 Å². The molecule has 9 nitrogen and oxygen atoms in total. The molecule has 1 fully saturated rings. The molecule has 0 saturated carbocycles. The maximum absolute atomic E-state index is 13.2. The Hall–Kier alpha value is -3.63. The minimum Gasteiger partial charge on any atom is -0.497 e. The summed E-state index contributed by atoms with van der Waals surface area (Å²) in [7, 11) is -2.02. The number of carbonyl (C=O) groups excluding carboxylic acids is 1. The van der Waals surface area contributed by atoms with Crippen LogP contribution in [0.2, 0.25) is 0 Å². The molecule has 0 aliphatic carbocycles. The number of hydrogen-bond donors (Lipinski definition) is 2. The molecular weight excluding hydrogens is 478 g/mol. The summed E-state index contributed by atoms with van der Waals surface area (Å²) in [6.45, 7) is 3.71. The van der Waals surface area contributed by atoms with Gasteiger partial charge in [-0.3, -0.25) is 4.98 Å². The molecule has 2 N–H and O–H groups in total. The van der Waals surface area contributed by atoms with Crippen molar-refractivity contribution in [3.63, 3.8) is 0 Å². The first-order valence-corrected chi connectivity index (χ1v) is 12.8. The Morgan fingerprint density at radius 3 is 2.42 bits per heavy atom. The van der Waals surface area contributed by atoms with Crippen molar-refractivity contribution >= 4 is 27.4 Å². The van der Waals surface area contributed by atoms with Gasteiger partial charge in [-0.2, -0.15) is 4.31 Å². The molecule has 0 spiro atoms. The van der Waals surface area contributed by atoms with E-state index in [9.17, 15) is 13.2 Å². The van der Waals surface area contributed by atoms with E-state index in [1.54, 1.807) is 37.7 Å². The summed E-state index contributed by atoms with van der Waals surface area (Å²) >= 11 is 0. The molecule has 1 atom stereocenters. The maximum Gasteiger partial charge on any atom is 0.319 e. The lowest BCUT2D eigenvalue weighted by Gasteiger charge is -2.40. The van der Waals surface area contributed by atoms with Gasteiger partial charge >= 0.3 is 6.03 Å². The quantitative estimate of drug-likeness (QED) is 0.498. The first-order valence-electron chi connectivity index (χ1n) is 11.3.